The summed E-state index contributed by atoms with van der Waals surface area (Å²) >= 11 is 0. The zero-order valence-electron chi connectivity index (χ0n) is 18.6. The zero-order chi connectivity index (χ0) is 23.8. The van der Waals surface area contributed by atoms with Crippen molar-refractivity contribution in [1.29, 1.82) is 0 Å². The van der Waals surface area contributed by atoms with Crippen LogP contribution in [0.2, 0.25) is 0 Å². The molecular weight excluding hydrogens is 449 g/mol. The van der Waals surface area contributed by atoms with Crippen LogP contribution in [0.1, 0.15) is 47.5 Å². The van der Waals surface area contributed by atoms with Gasteiger partial charge in [-0.3, -0.25) is 4.79 Å². The van der Waals surface area contributed by atoms with Gasteiger partial charge in [-0.15, -0.1) is 0 Å². The molecule has 1 saturated heterocycles. The number of fused-ring (bicyclic) bond motifs is 1. The van der Waals surface area contributed by atoms with E-state index in [-0.39, 0.29) is 17.1 Å². The van der Waals surface area contributed by atoms with E-state index in [1.54, 1.807) is 17.0 Å². The third kappa shape index (κ3) is 7.53. The van der Waals surface area contributed by atoms with Gasteiger partial charge in [-0.25, -0.2) is 9.18 Å². The van der Waals surface area contributed by atoms with Crippen LogP contribution in [0.25, 0.3) is 0 Å². The van der Waals surface area contributed by atoms with Crippen molar-refractivity contribution < 1.29 is 48.8 Å². The van der Waals surface area contributed by atoms with Crippen LogP contribution in [0.15, 0.2) is 42.5 Å². The lowest BCUT2D eigenvalue weighted by atomic mass is 9.90. The maximum atomic E-state index is 13.0. The van der Waals surface area contributed by atoms with Gasteiger partial charge in [0.25, 0.3) is 0 Å². The average molecular weight is 477 g/mol. The predicted molar refractivity (Wildman–Crippen MR) is 116 cm³/mol. The molecule has 4 rings (SSSR count). The number of rotatable bonds is 6. The van der Waals surface area contributed by atoms with E-state index in [1.807, 2.05) is 6.07 Å². The molecule has 0 spiro atoms. The third-order valence-electron chi connectivity index (χ3n) is 5.76. The van der Waals surface area contributed by atoms with Crippen molar-refractivity contribution in [2.45, 2.75) is 31.6 Å². The van der Waals surface area contributed by atoms with Crippen molar-refractivity contribution in [3.05, 3.63) is 59.4 Å². The fraction of sp³-hybridized carbons (Fsp3) is 0.375. The molecule has 10 heteroatoms. The number of piperidine rings is 1. The number of carboxylic acids is 2. The normalized spacial score (nSPS) is 18.1. The number of Topliss-reactive ketones (excluding diaryl/α,β-unsaturated/α-hetero) is 1. The molecule has 2 unspecified atom stereocenters. The summed E-state index contributed by atoms with van der Waals surface area (Å²) < 4.78 is 23.9. The topological polar surface area (TPSA) is 149 Å². The molecule has 0 saturated carbocycles. The number of likely N-dealkylation sites (tertiary alicyclic amines) is 1. The van der Waals surface area contributed by atoms with E-state index in [2.05, 4.69) is 12.1 Å². The van der Waals surface area contributed by atoms with Gasteiger partial charge in [0.1, 0.15) is 5.82 Å². The molecule has 4 N–H and O–H groups in total. The van der Waals surface area contributed by atoms with Crippen LogP contribution in [-0.4, -0.2) is 54.7 Å². The number of benzene rings is 2. The van der Waals surface area contributed by atoms with E-state index in [4.69, 9.17) is 29.3 Å². The Kier molecular flexibility index (Phi) is 9.96. The number of carboxylic acid groups (broad SMARTS) is 2. The first-order chi connectivity index (χ1) is 15.8. The first-order valence-electron chi connectivity index (χ1n) is 10.8. The lowest BCUT2D eigenvalue weighted by Gasteiger charge is -2.30. The fourth-order valence-corrected chi connectivity index (χ4v) is 4.11. The van der Waals surface area contributed by atoms with Crippen LogP contribution in [0.3, 0.4) is 0 Å². The van der Waals surface area contributed by atoms with Gasteiger partial charge in [-0.05, 0) is 54.8 Å². The number of ether oxygens (including phenoxy) is 2. The van der Waals surface area contributed by atoms with Gasteiger partial charge in [-0.1, -0.05) is 6.07 Å². The first-order valence-corrected chi connectivity index (χ1v) is 10.8. The van der Waals surface area contributed by atoms with Gasteiger partial charge in [0.15, 0.2) is 23.3 Å². The molecule has 0 aromatic heterocycles. The van der Waals surface area contributed by atoms with E-state index >= 15 is 0 Å². The van der Waals surface area contributed by atoms with Gasteiger partial charge in [0.05, 0.1) is 19.6 Å². The van der Waals surface area contributed by atoms with E-state index in [9.17, 15) is 9.18 Å². The van der Waals surface area contributed by atoms with E-state index in [0.717, 1.165) is 37.6 Å². The van der Waals surface area contributed by atoms with Gasteiger partial charge in [0, 0.05) is 24.3 Å². The molecule has 9 nitrogen and oxygen atoms in total. The molecule has 0 bridgehead atoms. The highest BCUT2D eigenvalue weighted by atomic mass is 19.1. The quantitative estimate of drug-likeness (QED) is 0.438. The molecular formula is C24H28FNO8. The first kappa shape index (κ1) is 26.7. The highest BCUT2D eigenvalue weighted by Crippen LogP contribution is 2.35. The highest BCUT2D eigenvalue weighted by molar-refractivity contribution is 6.26. The van der Waals surface area contributed by atoms with Gasteiger partial charge < -0.3 is 34.9 Å². The molecule has 184 valence electrons. The Bertz CT molecular complexity index is 983. The van der Waals surface area contributed by atoms with Crippen molar-refractivity contribution in [1.82, 2.24) is 0 Å². The number of carbonyl (C=O) groups is 3. The van der Waals surface area contributed by atoms with Crippen LogP contribution in [0.5, 0.6) is 11.5 Å². The van der Waals surface area contributed by atoms with Gasteiger partial charge in [0.2, 0.25) is 6.79 Å². The summed E-state index contributed by atoms with van der Waals surface area (Å²) in [7, 11) is 0. The van der Waals surface area contributed by atoms with Crippen LogP contribution in [0.4, 0.5) is 4.39 Å². The van der Waals surface area contributed by atoms with Crippen LogP contribution < -0.4 is 19.5 Å². The minimum absolute atomic E-state index is 0. The second-order valence-electron chi connectivity index (χ2n) is 8.03. The number of quaternary nitrogens is 1. The van der Waals surface area contributed by atoms with Crippen LogP contribution in [-0.2, 0) is 9.59 Å². The number of aliphatic carboxylic acids is 2. The van der Waals surface area contributed by atoms with Crippen LogP contribution in [0, 0.1) is 5.82 Å². The van der Waals surface area contributed by atoms with E-state index in [0.29, 0.717) is 24.7 Å². The van der Waals surface area contributed by atoms with Crippen molar-refractivity contribution in [2.24, 2.45) is 0 Å². The Hall–Kier alpha value is -3.50. The lowest BCUT2D eigenvalue weighted by molar-refractivity contribution is -0.906. The highest BCUT2D eigenvalue weighted by Gasteiger charge is 2.26. The predicted octanol–water partition coefficient (Wildman–Crippen LogP) is -0.0240. The summed E-state index contributed by atoms with van der Waals surface area (Å²) in [5.41, 5.74) is 1.92. The van der Waals surface area contributed by atoms with E-state index < -0.39 is 11.9 Å². The van der Waals surface area contributed by atoms with Crippen LogP contribution >= 0.6 is 0 Å². The molecule has 2 aliphatic rings. The summed E-state index contributed by atoms with van der Waals surface area (Å²) in [6, 6.07) is 12.1. The zero-order valence-corrected chi connectivity index (χ0v) is 18.6. The second kappa shape index (κ2) is 12.7. The smallest absolute Gasteiger partial charge is 0.351 e. The Labute approximate surface area is 196 Å². The summed E-state index contributed by atoms with van der Waals surface area (Å²) in [5, 5.41) is 16.3. The Morgan fingerprint density at radius 2 is 1.76 bits per heavy atom. The van der Waals surface area contributed by atoms with Crippen molar-refractivity contribution in [2.75, 3.05) is 26.4 Å². The average Bonchev–Trinajstić information content (AvgIpc) is 3.28. The van der Waals surface area contributed by atoms with Gasteiger partial charge in [-0.2, -0.15) is 0 Å². The number of hydrogen-bond donors (Lipinski definition) is 2. The Balaban J connectivity index is 0.000000521. The largest absolute Gasteiger partial charge is 0.539 e. The van der Waals surface area contributed by atoms with Crippen molar-refractivity contribution >= 4 is 17.7 Å². The number of hydrogen-bond acceptors (Lipinski definition) is 6. The molecule has 2 aliphatic heterocycles. The third-order valence-corrected chi connectivity index (χ3v) is 5.76. The standard InChI is InChI=1S/C22H24FNO3.C2H2O4.H2O/c23-19-8-5-16(6-9-19)20(25)4-2-12-24-11-1-3-18(14-24)17-7-10-21-22(13-17)27-15-26-21;3-1(4)2(5)6;/h5-10,13,18H,1-4,11-12,14-15H2;(H,3,4)(H,5,6);1H2. The van der Waals surface area contributed by atoms with Gasteiger partial charge >= 0.3 is 5.97 Å². The van der Waals surface area contributed by atoms with Crippen molar-refractivity contribution in [3.8, 4) is 11.5 Å². The second-order valence-corrected chi connectivity index (χ2v) is 8.03. The van der Waals surface area contributed by atoms with E-state index in [1.165, 1.54) is 30.5 Å². The molecule has 0 radical (unpaired) electrons. The summed E-state index contributed by atoms with van der Waals surface area (Å²) in [6.07, 6.45) is 3.77. The number of halogens is 1. The molecule has 1 fully saturated rings. The molecule has 2 aromatic carbocycles. The summed E-state index contributed by atoms with van der Waals surface area (Å²) in [4.78, 5) is 31.8. The minimum Gasteiger partial charge on any atom is -0.539 e. The molecule has 2 heterocycles. The Morgan fingerprint density at radius 3 is 2.44 bits per heavy atom. The molecule has 0 aliphatic carbocycles. The number of carbonyl (C=O) groups excluding carboxylic acids is 2. The SMILES string of the molecule is O.O=C(CCC[NH+]1CCCC(c2ccc3c(c2)OCO3)C1)c1ccc(F)cc1.O=C([O-])C(=O)O. The maximum Gasteiger partial charge on any atom is 0.351 e. The fourth-order valence-electron chi connectivity index (χ4n) is 4.11. The number of nitrogens with one attached hydrogen (secondary N) is 1. The summed E-state index contributed by atoms with van der Waals surface area (Å²) in [6.45, 7) is 3.55. The monoisotopic (exact) mass is 477 g/mol. The molecule has 2 aromatic rings. The molecule has 0 amide bonds. The molecule has 34 heavy (non-hydrogen) atoms. The van der Waals surface area contributed by atoms with Crippen molar-refractivity contribution in [3.63, 3.8) is 0 Å². The minimum atomic E-state index is -2.07. The summed E-state index contributed by atoms with van der Waals surface area (Å²) in [5.74, 6) is -2.01. The number of ketones is 1. The Morgan fingerprint density at radius 1 is 1.09 bits per heavy atom. The lowest BCUT2D eigenvalue weighted by Crippen LogP contribution is -3.13. The molecule has 2 atom stereocenters. The maximum absolute atomic E-state index is 13.0.